The van der Waals surface area contributed by atoms with Crippen LogP contribution in [0, 0.1) is 5.41 Å². The molecule has 0 atom stereocenters. The second-order valence-corrected chi connectivity index (χ2v) is 5.35. The van der Waals surface area contributed by atoms with E-state index in [4.69, 9.17) is 5.11 Å². The van der Waals surface area contributed by atoms with Crippen molar-refractivity contribution in [1.82, 2.24) is 4.90 Å². The van der Waals surface area contributed by atoms with Gasteiger partial charge in [-0.3, -0.25) is 4.79 Å². The Labute approximate surface area is 105 Å². The lowest BCUT2D eigenvalue weighted by molar-refractivity contribution is -0.140. The minimum Gasteiger partial charge on any atom is -0.396 e. The summed E-state index contributed by atoms with van der Waals surface area (Å²) in [5.41, 5.74) is -0.0499. The molecule has 1 rings (SSSR count). The molecule has 17 heavy (non-hydrogen) atoms. The molecule has 0 aliphatic heterocycles. The van der Waals surface area contributed by atoms with Crippen LogP contribution < -0.4 is 0 Å². The minimum absolute atomic E-state index is 0.0499. The minimum atomic E-state index is -0.0499. The monoisotopic (exact) mass is 241 g/mol. The normalized spacial score (nSPS) is 18.3. The molecule has 0 radical (unpaired) electrons. The van der Waals surface area contributed by atoms with Gasteiger partial charge in [0.2, 0.25) is 5.91 Å². The van der Waals surface area contributed by atoms with E-state index in [9.17, 15) is 4.79 Å². The van der Waals surface area contributed by atoms with E-state index in [-0.39, 0.29) is 12.0 Å². The lowest BCUT2D eigenvalue weighted by atomic mass is 9.82. The number of aliphatic hydroxyl groups excluding tert-OH is 1. The SMILES string of the molecule is CCC1(C(=O)N(C)CCCCCO)CCCC1. The lowest BCUT2D eigenvalue weighted by Gasteiger charge is -2.31. The van der Waals surface area contributed by atoms with Crippen molar-refractivity contribution in [3.05, 3.63) is 0 Å². The van der Waals surface area contributed by atoms with Crippen molar-refractivity contribution < 1.29 is 9.90 Å². The first-order valence-corrected chi connectivity index (χ1v) is 7.03. The van der Waals surface area contributed by atoms with Gasteiger partial charge in [-0.15, -0.1) is 0 Å². The summed E-state index contributed by atoms with van der Waals surface area (Å²) in [6.45, 7) is 3.24. The zero-order valence-electron chi connectivity index (χ0n) is 11.4. The topological polar surface area (TPSA) is 40.5 Å². The molecule has 1 aliphatic carbocycles. The summed E-state index contributed by atoms with van der Waals surface area (Å²) in [5, 5.41) is 8.71. The predicted molar refractivity (Wildman–Crippen MR) is 69.8 cm³/mol. The average molecular weight is 241 g/mol. The molecule has 1 fully saturated rings. The molecule has 3 nitrogen and oxygen atoms in total. The van der Waals surface area contributed by atoms with E-state index in [1.54, 1.807) is 0 Å². The highest BCUT2D eigenvalue weighted by Crippen LogP contribution is 2.42. The van der Waals surface area contributed by atoms with E-state index in [1.807, 2.05) is 11.9 Å². The van der Waals surface area contributed by atoms with Crippen LogP contribution in [-0.4, -0.2) is 36.1 Å². The Balaban J connectivity index is 2.39. The second kappa shape index (κ2) is 7.00. The van der Waals surface area contributed by atoms with Crippen molar-refractivity contribution in [2.45, 2.75) is 58.3 Å². The summed E-state index contributed by atoms with van der Waals surface area (Å²) < 4.78 is 0. The molecule has 0 saturated heterocycles. The summed E-state index contributed by atoms with van der Waals surface area (Å²) in [4.78, 5) is 14.3. The number of hydrogen-bond acceptors (Lipinski definition) is 2. The van der Waals surface area contributed by atoms with E-state index < -0.39 is 0 Å². The van der Waals surface area contributed by atoms with Gasteiger partial charge in [0.15, 0.2) is 0 Å². The molecule has 1 saturated carbocycles. The summed E-state index contributed by atoms with van der Waals surface area (Å²) in [5.74, 6) is 0.349. The Bertz CT molecular complexity index is 234. The van der Waals surface area contributed by atoms with Crippen molar-refractivity contribution in [3.8, 4) is 0 Å². The zero-order valence-corrected chi connectivity index (χ0v) is 11.4. The highest BCUT2D eigenvalue weighted by atomic mass is 16.2. The van der Waals surface area contributed by atoms with Gasteiger partial charge in [0.05, 0.1) is 0 Å². The Morgan fingerprint density at radius 1 is 1.24 bits per heavy atom. The highest BCUT2D eigenvalue weighted by molar-refractivity contribution is 5.82. The van der Waals surface area contributed by atoms with Crippen molar-refractivity contribution >= 4 is 5.91 Å². The first-order valence-electron chi connectivity index (χ1n) is 7.03. The van der Waals surface area contributed by atoms with E-state index >= 15 is 0 Å². The number of carbonyl (C=O) groups is 1. The quantitative estimate of drug-likeness (QED) is 0.696. The molecule has 0 bridgehead atoms. The fourth-order valence-electron chi connectivity index (χ4n) is 2.91. The van der Waals surface area contributed by atoms with Gasteiger partial charge in [0.1, 0.15) is 0 Å². The zero-order chi connectivity index (χ0) is 12.7. The molecule has 3 heteroatoms. The van der Waals surface area contributed by atoms with Crippen LogP contribution in [0.3, 0.4) is 0 Å². The summed E-state index contributed by atoms with van der Waals surface area (Å²) in [7, 11) is 1.93. The summed E-state index contributed by atoms with van der Waals surface area (Å²) in [6, 6.07) is 0. The fraction of sp³-hybridized carbons (Fsp3) is 0.929. The van der Waals surface area contributed by atoms with Crippen LogP contribution in [0.1, 0.15) is 58.3 Å². The standard InChI is InChI=1S/C14H27NO2/c1-3-14(9-5-6-10-14)13(17)15(2)11-7-4-8-12-16/h16H,3-12H2,1-2H3. The van der Waals surface area contributed by atoms with Crippen LogP contribution in [0.25, 0.3) is 0 Å². The number of aliphatic hydroxyl groups is 1. The summed E-state index contributed by atoms with van der Waals surface area (Å²) >= 11 is 0. The second-order valence-electron chi connectivity index (χ2n) is 5.35. The van der Waals surface area contributed by atoms with Gasteiger partial charge in [-0.2, -0.15) is 0 Å². The third-order valence-electron chi connectivity index (χ3n) is 4.19. The Morgan fingerprint density at radius 2 is 1.88 bits per heavy atom. The average Bonchev–Trinajstić information content (AvgIpc) is 2.83. The van der Waals surface area contributed by atoms with Crippen LogP contribution in [0.15, 0.2) is 0 Å². The van der Waals surface area contributed by atoms with Crippen LogP contribution in [0.4, 0.5) is 0 Å². The maximum Gasteiger partial charge on any atom is 0.228 e. The number of hydrogen-bond donors (Lipinski definition) is 1. The number of carbonyl (C=O) groups excluding carboxylic acids is 1. The van der Waals surface area contributed by atoms with Gasteiger partial charge in [-0.1, -0.05) is 19.8 Å². The Morgan fingerprint density at radius 3 is 2.41 bits per heavy atom. The van der Waals surface area contributed by atoms with Crippen LogP contribution in [0.2, 0.25) is 0 Å². The van der Waals surface area contributed by atoms with Crippen molar-refractivity contribution in [2.24, 2.45) is 5.41 Å². The molecular weight excluding hydrogens is 214 g/mol. The number of rotatable bonds is 7. The first kappa shape index (κ1) is 14.5. The van der Waals surface area contributed by atoms with Crippen molar-refractivity contribution in [2.75, 3.05) is 20.2 Å². The molecule has 100 valence electrons. The van der Waals surface area contributed by atoms with E-state index in [0.717, 1.165) is 45.1 Å². The lowest BCUT2D eigenvalue weighted by Crippen LogP contribution is -2.40. The molecule has 0 aromatic heterocycles. The van der Waals surface area contributed by atoms with Crippen LogP contribution in [0.5, 0.6) is 0 Å². The van der Waals surface area contributed by atoms with Gasteiger partial charge >= 0.3 is 0 Å². The van der Waals surface area contributed by atoms with Gasteiger partial charge in [-0.25, -0.2) is 0 Å². The molecule has 0 aromatic carbocycles. The molecule has 1 amide bonds. The molecule has 0 unspecified atom stereocenters. The molecule has 0 aromatic rings. The van der Waals surface area contributed by atoms with E-state index in [2.05, 4.69) is 6.92 Å². The van der Waals surface area contributed by atoms with Crippen molar-refractivity contribution in [1.29, 1.82) is 0 Å². The molecule has 1 aliphatic rings. The maximum atomic E-state index is 12.4. The fourth-order valence-corrected chi connectivity index (χ4v) is 2.91. The van der Waals surface area contributed by atoms with Crippen LogP contribution in [-0.2, 0) is 4.79 Å². The van der Waals surface area contributed by atoms with Crippen LogP contribution >= 0.6 is 0 Å². The Hall–Kier alpha value is -0.570. The third-order valence-corrected chi connectivity index (χ3v) is 4.19. The number of unbranched alkanes of at least 4 members (excludes halogenated alkanes) is 2. The first-order chi connectivity index (χ1) is 8.16. The predicted octanol–water partition coefficient (Wildman–Crippen LogP) is 2.58. The molecule has 0 heterocycles. The number of nitrogens with zero attached hydrogens (tertiary/aromatic N) is 1. The van der Waals surface area contributed by atoms with Gasteiger partial charge in [-0.05, 0) is 38.5 Å². The summed E-state index contributed by atoms with van der Waals surface area (Å²) in [6.07, 6.45) is 8.39. The highest BCUT2D eigenvalue weighted by Gasteiger charge is 2.40. The van der Waals surface area contributed by atoms with Gasteiger partial charge in [0, 0.05) is 25.6 Å². The Kier molecular flexibility index (Phi) is 5.96. The molecular formula is C14H27NO2. The smallest absolute Gasteiger partial charge is 0.228 e. The van der Waals surface area contributed by atoms with E-state index in [0.29, 0.717) is 5.91 Å². The van der Waals surface area contributed by atoms with Crippen molar-refractivity contribution in [3.63, 3.8) is 0 Å². The third kappa shape index (κ3) is 3.70. The molecule has 0 spiro atoms. The molecule has 1 N–H and O–H groups in total. The van der Waals surface area contributed by atoms with E-state index in [1.165, 1.54) is 12.8 Å². The van der Waals surface area contributed by atoms with Gasteiger partial charge in [0.25, 0.3) is 0 Å². The number of amides is 1. The maximum absolute atomic E-state index is 12.4. The van der Waals surface area contributed by atoms with Gasteiger partial charge < -0.3 is 10.0 Å². The largest absolute Gasteiger partial charge is 0.396 e.